The van der Waals surface area contributed by atoms with Crippen LogP contribution < -0.4 is 31.5 Å². The number of carbonyl (C=O) groups is 1. The molecule has 254 valence electrons. The average molecular weight is 679 g/mol. The molecule has 5 fully saturated rings. The molecule has 0 saturated carbocycles. The number of quaternary nitrogens is 1. The molecule has 5 saturated heterocycles. The molecule has 0 aliphatic carbocycles. The van der Waals surface area contributed by atoms with Crippen molar-refractivity contribution in [3.8, 4) is 0 Å². The third-order valence-corrected chi connectivity index (χ3v) is 11.2. The molecule has 5 rings (SSSR count). The van der Waals surface area contributed by atoms with Gasteiger partial charge in [-0.05, 0) is 12.8 Å². The maximum absolute atomic E-state index is 12.4. The van der Waals surface area contributed by atoms with E-state index >= 15 is 0 Å². The molecule has 5 heterocycles. The highest BCUT2D eigenvalue weighted by Gasteiger charge is 2.53. The average Bonchev–Trinajstić information content (AvgIpc) is 3.61. The lowest BCUT2D eigenvalue weighted by molar-refractivity contribution is -0.969. The summed E-state index contributed by atoms with van der Waals surface area (Å²) in [7, 11) is -11.0. The van der Waals surface area contributed by atoms with Crippen molar-refractivity contribution in [3.05, 3.63) is 0 Å². The Morgan fingerprint density at radius 2 is 1.68 bits per heavy atom. The van der Waals surface area contributed by atoms with Crippen molar-refractivity contribution in [1.29, 1.82) is 0 Å². The molecular weight excluding hydrogens is 638 g/mol. The molecule has 0 amide bonds. The van der Waals surface area contributed by atoms with E-state index < -0.39 is 96.1 Å². The molecule has 12 N–H and O–H groups in total. The first-order valence-electron chi connectivity index (χ1n) is 14.2. The second-order valence-electron chi connectivity index (χ2n) is 11.4. The molecule has 7 unspecified atom stereocenters. The van der Waals surface area contributed by atoms with Crippen molar-refractivity contribution in [2.75, 3.05) is 33.1 Å². The van der Waals surface area contributed by atoms with Gasteiger partial charge in [0.15, 0.2) is 12.1 Å². The number of hydrogen-bond acceptors (Lipinski definition) is 18. The monoisotopic (exact) mass is 678 g/mol. The van der Waals surface area contributed by atoms with Gasteiger partial charge in [0.05, 0.1) is 44.8 Å². The smallest absolute Gasteiger partial charge is 0.478 e. The number of nitrogens with one attached hydrogen (secondary N) is 4. The van der Waals surface area contributed by atoms with E-state index in [1.54, 1.807) is 4.90 Å². The number of ether oxygens (including phenoxy) is 2. The van der Waals surface area contributed by atoms with E-state index in [2.05, 4.69) is 24.8 Å². The summed E-state index contributed by atoms with van der Waals surface area (Å²) in [5.74, 6) is -1.10. The van der Waals surface area contributed by atoms with Gasteiger partial charge in [-0.25, -0.2) is 18.6 Å². The SMILES string of the molecule is NC1NCNC2C1NCN2[C@@H]1O[C@H](COP(=O)(O)OP(=O)([O-])OC[C@H]2O[C@@H]([NH+]3CCCCC3C(=O)O)[C@@H](O)[C@H]2O)[C@@H](O)[C@H]1O. The molecule has 15 atom stereocenters. The van der Waals surface area contributed by atoms with E-state index in [1.165, 1.54) is 0 Å². The third kappa shape index (κ3) is 7.37. The summed E-state index contributed by atoms with van der Waals surface area (Å²) >= 11 is 0. The van der Waals surface area contributed by atoms with Gasteiger partial charge in [0, 0.05) is 13.1 Å². The van der Waals surface area contributed by atoms with Crippen molar-refractivity contribution in [2.24, 2.45) is 5.73 Å². The van der Waals surface area contributed by atoms with E-state index in [9.17, 15) is 49.2 Å². The normalized spacial score (nSPS) is 45.9. The zero-order valence-corrected chi connectivity index (χ0v) is 25.2. The van der Waals surface area contributed by atoms with Crippen molar-refractivity contribution >= 4 is 21.6 Å². The highest BCUT2D eigenvalue weighted by Crippen LogP contribution is 2.58. The Kier molecular flexibility index (Phi) is 10.8. The number of carboxylic acids is 1. The highest BCUT2D eigenvalue weighted by molar-refractivity contribution is 7.60. The molecule has 0 aromatic rings. The highest BCUT2D eigenvalue weighted by atomic mass is 31.3. The number of nitrogens with zero attached hydrogens (tertiary/aromatic N) is 1. The van der Waals surface area contributed by atoms with Crippen LogP contribution in [0.15, 0.2) is 0 Å². The Labute approximate surface area is 251 Å². The lowest BCUT2D eigenvalue weighted by atomic mass is 10.0. The van der Waals surface area contributed by atoms with Gasteiger partial charge in [0.1, 0.15) is 36.7 Å². The summed E-state index contributed by atoms with van der Waals surface area (Å²) in [6, 6.07) is -1.15. The second kappa shape index (κ2) is 13.8. The van der Waals surface area contributed by atoms with Crippen LogP contribution in [0.2, 0.25) is 0 Å². The first-order chi connectivity index (χ1) is 20.7. The Balaban J connectivity index is 1.11. The Morgan fingerprint density at radius 3 is 2.41 bits per heavy atom. The first-order valence-corrected chi connectivity index (χ1v) is 17.1. The Morgan fingerprint density at radius 1 is 1.00 bits per heavy atom. The van der Waals surface area contributed by atoms with Gasteiger partial charge in [0.25, 0.3) is 7.82 Å². The van der Waals surface area contributed by atoms with Crippen LogP contribution in [0, 0.1) is 0 Å². The molecule has 5 aliphatic rings. The minimum absolute atomic E-state index is 0.231. The van der Waals surface area contributed by atoms with Crippen molar-refractivity contribution < 1.29 is 77.0 Å². The van der Waals surface area contributed by atoms with Crippen molar-refractivity contribution in [3.63, 3.8) is 0 Å². The van der Waals surface area contributed by atoms with Crippen LogP contribution >= 0.6 is 15.6 Å². The number of carboxylic acid groups (broad SMARTS) is 1. The van der Waals surface area contributed by atoms with Crippen LogP contribution in [0.3, 0.4) is 0 Å². The summed E-state index contributed by atoms with van der Waals surface area (Å²) in [5, 5.41) is 60.8. The lowest BCUT2D eigenvalue weighted by Gasteiger charge is -2.38. The van der Waals surface area contributed by atoms with Crippen LogP contribution in [0.4, 0.5) is 0 Å². The summed E-state index contributed by atoms with van der Waals surface area (Å²) in [6.45, 7) is -0.845. The number of hydrogen-bond donors (Lipinski definition) is 11. The molecule has 0 spiro atoms. The molecule has 23 heteroatoms. The van der Waals surface area contributed by atoms with Crippen LogP contribution in [0.25, 0.3) is 0 Å². The van der Waals surface area contributed by atoms with Crippen LogP contribution in [0.1, 0.15) is 19.3 Å². The topological polar surface area (TPSA) is 312 Å². The van der Waals surface area contributed by atoms with Crippen LogP contribution in [-0.2, 0) is 36.8 Å². The number of phosphoric ester groups is 2. The van der Waals surface area contributed by atoms with Gasteiger partial charge < -0.3 is 55.1 Å². The molecule has 21 nitrogen and oxygen atoms in total. The second-order valence-corrected chi connectivity index (χ2v) is 14.4. The quantitative estimate of drug-likeness (QED) is 0.0904. The third-order valence-electron chi connectivity index (χ3n) is 8.59. The zero-order valence-electron chi connectivity index (χ0n) is 23.4. The van der Waals surface area contributed by atoms with E-state index in [0.717, 1.165) is 0 Å². The summed E-state index contributed by atoms with van der Waals surface area (Å²) < 4.78 is 49.6. The molecule has 0 radical (unpaired) electrons. The van der Waals surface area contributed by atoms with Gasteiger partial charge >= 0.3 is 13.8 Å². The maximum atomic E-state index is 12.4. The van der Waals surface area contributed by atoms with E-state index in [-0.39, 0.29) is 18.9 Å². The molecule has 0 aromatic heterocycles. The van der Waals surface area contributed by atoms with E-state index in [1.807, 2.05) is 0 Å². The predicted molar refractivity (Wildman–Crippen MR) is 139 cm³/mol. The van der Waals surface area contributed by atoms with Gasteiger partial charge in [-0.3, -0.25) is 29.9 Å². The Bertz CT molecular complexity index is 1130. The van der Waals surface area contributed by atoms with Gasteiger partial charge in [-0.2, -0.15) is 0 Å². The number of aliphatic hydroxyl groups excluding tert-OH is 4. The van der Waals surface area contributed by atoms with Crippen molar-refractivity contribution in [1.82, 2.24) is 20.9 Å². The summed E-state index contributed by atoms with van der Waals surface area (Å²) in [4.78, 5) is 36.1. The maximum Gasteiger partial charge on any atom is 0.478 e. The fraction of sp³-hybridized carbons (Fsp3) is 0.952. The number of aliphatic carboxylic acids is 1. The van der Waals surface area contributed by atoms with Crippen LogP contribution in [-0.4, -0.2) is 148 Å². The number of rotatable bonds is 11. The number of piperidine rings is 1. The fourth-order valence-electron chi connectivity index (χ4n) is 6.35. The van der Waals surface area contributed by atoms with Crippen LogP contribution in [0.5, 0.6) is 0 Å². The minimum atomic E-state index is -5.59. The summed E-state index contributed by atoms with van der Waals surface area (Å²) in [6.07, 6.45) is -10.4. The number of phosphoric acid groups is 2. The molecule has 5 aliphatic heterocycles. The Hall–Kier alpha value is -0.750. The number of fused-ring (bicyclic) bond motifs is 1. The van der Waals surface area contributed by atoms with Gasteiger partial charge in [-0.1, -0.05) is 0 Å². The van der Waals surface area contributed by atoms with Gasteiger partial charge in [-0.15, -0.1) is 0 Å². The molecule has 0 bridgehead atoms. The van der Waals surface area contributed by atoms with Crippen molar-refractivity contribution in [2.45, 2.75) is 92.8 Å². The number of nitrogens with two attached hydrogens (primary N) is 1. The van der Waals surface area contributed by atoms with Gasteiger partial charge in [0.2, 0.25) is 6.23 Å². The molecule has 44 heavy (non-hydrogen) atoms. The predicted octanol–water partition coefficient (Wildman–Crippen LogP) is -6.99. The zero-order chi connectivity index (χ0) is 32.0. The lowest BCUT2D eigenvalue weighted by Crippen LogP contribution is -3.22. The molecule has 0 aromatic carbocycles. The number of aliphatic hydroxyl groups is 4. The number of likely N-dealkylation sites (tertiary alicyclic amines) is 1. The largest absolute Gasteiger partial charge is 0.756 e. The van der Waals surface area contributed by atoms with E-state index in [4.69, 9.17) is 19.7 Å². The molecular formula is C21H40N6O15P2. The standard InChI is InChI=1S/C21H40N6O15P2/c22-17-12-18(24-7-23-17)27(8-25-12)20-16(31)14(29)11(41-20)6-39-44(36,37)42-43(34,35)38-5-10-13(28)15(30)19(40-10)26-4-2-1-3-9(26)21(32)33/h9-20,23-25,28-31H,1-8,22H2,(H,32,33)(H,34,35)(H,36,37)/t9?,10-,11-,12?,13+,14-,15+,16-,17?,18?,19-,20-/m1/s1. The first kappa shape index (κ1) is 34.6. The minimum Gasteiger partial charge on any atom is -0.756 e. The fourth-order valence-corrected chi connectivity index (χ4v) is 8.40. The van der Waals surface area contributed by atoms with E-state index in [0.29, 0.717) is 37.4 Å². The summed E-state index contributed by atoms with van der Waals surface area (Å²) in [5.41, 5.74) is 6.04.